The summed E-state index contributed by atoms with van der Waals surface area (Å²) >= 11 is 2.43. The first-order valence-electron chi connectivity index (χ1n) is 13.5. The van der Waals surface area contributed by atoms with Gasteiger partial charge in [0.15, 0.2) is 21.6 Å². The van der Waals surface area contributed by atoms with Crippen LogP contribution in [0.1, 0.15) is 30.7 Å². The number of ether oxygens (including phenoxy) is 4. The molecule has 2 aliphatic rings. The number of Topliss-reactive ketones (excluding diaryl/α,β-unsaturated/α-hetero) is 1. The molecule has 0 bridgehead atoms. The topological polar surface area (TPSA) is 162 Å². The molecule has 0 saturated carbocycles. The molecule has 1 amide bonds. The molecule has 1 atom stereocenters. The highest BCUT2D eigenvalue weighted by molar-refractivity contribution is 8.01. The number of benzene rings is 2. The zero-order valence-corrected chi connectivity index (χ0v) is 26.1. The molecule has 1 aliphatic carbocycles. The fraction of sp³-hybridized carbons (Fsp3) is 0.300. The third-order valence-electron chi connectivity index (χ3n) is 7.20. The van der Waals surface area contributed by atoms with E-state index in [1.54, 1.807) is 42.3 Å². The number of hydrogen-bond donors (Lipinski definition) is 2. The molecule has 3 aromatic rings. The highest BCUT2D eigenvalue weighted by atomic mass is 32.2. The van der Waals surface area contributed by atoms with Crippen LogP contribution in [0, 0.1) is 11.3 Å². The molecule has 2 aromatic carbocycles. The number of aromatic nitrogens is 2. The maximum absolute atomic E-state index is 13.4. The minimum Gasteiger partial charge on any atom is -0.497 e. The van der Waals surface area contributed by atoms with E-state index in [2.05, 4.69) is 21.6 Å². The van der Waals surface area contributed by atoms with Gasteiger partial charge in [0.25, 0.3) is 0 Å². The molecule has 0 saturated heterocycles. The quantitative estimate of drug-likeness (QED) is 0.298. The normalized spacial score (nSPS) is 16.3. The minimum atomic E-state index is -0.667. The van der Waals surface area contributed by atoms with Crippen molar-refractivity contribution >= 4 is 45.6 Å². The summed E-state index contributed by atoms with van der Waals surface area (Å²) in [5.41, 5.74) is 9.31. The van der Waals surface area contributed by atoms with Crippen molar-refractivity contribution in [3.63, 3.8) is 0 Å². The monoisotopic (exact) mass is 634 g/mol. The number of hydrogen-bond acceptors (Lipinski definition) is 13. The van der Waals surface area contributed by atoms with Gasteiger partial charge in [-0.3, -0.25) is 14.5 Å². The van der Waals surface area contributed by atoms with Gasteiger partial charge in [0.1, 0.15) is 17.3 Å². The molecule has 2 heterocycles. The van der Waals surface area contributed by atoms with Crippen molar-refractivity contribution in [1.29, 1.82) is 5.26 Å². The number of amides is 1. The molecule has 3 N–H and O–H groups in total. The highest BCUT2D eigenvalue weighted by Gasteiger charge is 2.41. The van der Waals surface area contributed by atoms with Crippen molar-refractivity contribution in [3.05, 3.63) is 64.6 Å². The van der Waals surface area contributed by atoms with E-state index in [-0.39, 0.29) is 28.8 Å². The largest absolute Gasteiger partial charge is 0.497 e. The van der Waals surface area contributed by atoms with E-state index >= 15 is 0 Å². The number of methoxy groups -OCH3 is 4. The van der Waals surface area contributed by atoms with Crippen LogP contribution in [0.25, 0.3) is 0 Å². The SMILES string of the molecule is COc1cc(NC(=O)CSc2nnc(N3C(N)=C(C#N)C(c4ccc(OC)c(OC)c4)C4=C3CCCC4=O)s2)cc(OC)c1. The molecule has 1 unspecified atom stereocenters. The number of carbonyl (C=O) groups excluding carboxylic acids is 2. The first-order valence-corrected chi connectivity index (χ1v) is 15.3. The molecule has 1 aromatic heterocycles. The summed E-state index contributed by atoms with van der Waals surface area (Å²) in [6.45, 7) is 0. The van der Waals surface area contributed by atoms with Crippen molar-refractivity contribution in [2.75, 3.05) is 44.4 Å². The molecule has 0 spiro atoms. The number of nitrogens with zero attached hydrogens (tertiary/aromatic N) is 4. The Hall–Kier alpha value is -4.74. The summed E-state index contributed by atoms with van der Waals surface area (Å²) in [5.74, 6) is 1.38. The Morgan fingerprint density at radius 2 is 1.80 bits per heavy atom. The van der Waals surface area contributed by atoms with Crippen LogP contribution in [0.4, 0.5) is 10.8 Å². The van der Waals surface area contributed by atoms with Gasteiger partial charge < -0.3 is 30.0 Å². The van der Waals surface area contributed by atoms with Crippen LogP contribution in [-0.4, -0.2) is 56.1 Å². The lowest BCUT2D eigenvalue weighted by Gasteiger charge is -2.38. The van der Waals surface area contributed by atoms with Crippen molar-refractivity contribution in [2.45, 2.75) is 29.5 Å². The molecule has 1 aliphatic heterocycles. The Balaban J connectivity index is 1.41. The molecule has 228 valence electrons. The van der Waals surface area contributed by atoms with Crippen molar-refractivity contribution in [3.8, 4) is 29.1 Å². The van der Waals surface area contributed by atoms with Crippen LogP contribution in [0.5, 0.6) is 23.0 Å². The Kier molecular flexibility index (Phi) is 9.26. The molecule has 12 nitrogen and oxygen atoms in total. The number of anilines is 2. The summed E-state index contributed by atoms with van der Waals surface area (Å²) in [6, 6.07) is 12.7. The lowest BCUT2D eigenvalue weighted by atomic mass is 9.75. The second-order valence-corrected chi connectivity index (χ2v) is 11.9. The Morgan fingerprint density at radius 1 is 1.07 bits per heavy atom. The fourth-order valence-corrected chi connectivity index (χ4v) is 6.91. The van der Waals surface area contributed by atoms with E-state index < -0.39 is 5.92 Å². The number of thioether (sulfide) groups is 1. The van der Waals surface area contributed by atoms with Gasteiger partial charge in [-0.1, -0.05) is 29.2 Å². The van der Waals surface area contributed by atoms with E-state index in [1.165, 1.54) is 44.4 Å². The second kappa shape index (κ2) is 13.3. The summed E-state index contributed by atoms with van der Waals surface area (Å²) in [7, 11) is 6.14. The Bertz CT molecular complexity index is 1690. The van der Waals surface area contributed by atoms with Gasteiger partial charge in [-0.05, 0) is 30.5 Å². The molecule has 44 heavy (non-hydrogen) atoms. The summed E-state index contributed by atoms with van der Waals surface area (Å²) in [6.07, 6.45) is 1.57. The maximum Gasteiger partial charge on any atom is 0.234 e. The van der Waals surface area contributed by atoms with Crippen LogP contribution < -0.4 is 34.9 Å². The van der Waals surface area contributed by atoms with E-state index in [0.29, 0.717) is 74.3 Å². The minimum absolute atomic E-state index is 0.0544. The number of rotatable bonds is 10. The van der Waals surface area contributed by atoms with Crippen LogP contribution in [0.3, 0.4) is 0 Å². The lowest BCUT2D eigenvalue weighted by molar-refractivity contribution is -0.116. The standard InChI is InChI=1S/C30H30N6O6S2/c1-39-18-11-17(12-19(13-18)40-2)33-25(38)15-43-30-35-34-29(44-30)36-21-6-5-7-22(37)27(21)26(20(14-31)28(36)32)16-8-9-23(41-3)24(10-16)42-4/h8-13,26H,5-7,15,32H2,1-4H3,(H,33,38). The van der Waals surface area contributed by atoms with Gasteiger partial charge in [-0.25, -0.2) is 0 Å². The fourth-order valence-electron chi connectivity index (χ4n) is 5.23. The molecule has 0 radical (unpaired) electrons. The zero-order chi connectivity index (χ0) is 31.4. The number of nitrogens with one attached hydrogen (secondary N) is 1. The number of ketones is 1. The smallest absolute Gasteiger partial charge is 0.234 e. The maximum atomic E-state index is 13.4. The molecule has 14 heteroatoms. The van der Waals surface area contributed by atoms with E-state index in [0.717, 1.165) is 0 Å². The summed E-state index contributed by atoms with van der Waals surface area (Å²) in [5, 5.41) is 22.1. The van der Waals surface area contributed by atoms with Crippen molar-refractivity contribution in [1.82, 2.24) is 10.2 Å². The van der Waals surface area contributed by atoms with Crippen molar-refractivity contribution < 1.29 is 28.5 Å². The van der Waals surface area contributed by atoms with Gasteiger partial charge in [0, 0.05) is 41.6 Å². The van der Waals surface area contributed by atoms with E-state index in [9.17, 15) is 14.9 Å². The number of allylic oxidation sites excluding steroid dienone is 3. The summed E-state index contributed by atoms with van der Waals surface area (Å²) < 4.78 is 21.9. The van der Waals surface area contributed by atoms with Gasteiger partial charge >= 0.3 is 0 Å². The van der Waals surface area contributed by atoms with Crippen LogP contribution in [0.15, 0.2) is 63.4 Å². The third-order valence-corrected chi connectivity index (χ3v) is 9.25. The highest BCUT2D eigenvalue weighted by Crippen LogP contribution is 2.48. The predicted molar refractivity (Wildman–Crippen MR) is 166 cm³/mol. The van der Waals surface area contributed by atoms with Gasteiger partial charge in [0.05, 0.1) is 51.8 Å². The molecule has 0 fully saturated rings. The number of nitrogens with two attached hydrogens (primary N) is 1. The Morgan fingerprint density at radius 3 is 2.45 bits per heavy atom. The van der Waals surface area contributed by atoms with Crippen LogP contribution in [0.2, 0.25) is 0 Å². The van der Waals surface area contributed by atoms with Crippen LogP contribution in [-0.2, 0) is 9.59 Å². The van der Waals surface area contributed by atoms with E-state index in [1.807, 2.05) is 6.07 Å². The number of carbonyl (C=O) groups is 2. The van der Waals surface area contributed by atoms with Gasteiger partial charge in [0.2, 0.25) is 11.0 Å². The first-order chi connectivity index (χ1) is 21.3. The van der Waals surface area contributed by atoms with Gasteiger partial charge in [-0.15, -0.1) is 10.2 Å². The lowest BCUT2D eigenvalue weighted by Crippen LogP contribution is -2.38. The molecule has 5 rings (SSSR count). The average molecular weight is 635 g/mol. The third kappa shape index (κ3) is 6.01. The first kappa shape index (κ1) is 30.7. The number of nitriles is 1. The summed E-state index contributed by atoms with van der Waals surface area (Å²) in [4.78, 5) is 27.8. The zero-order valence-electron chi connectivity index (χ0n) is 24.5. The van der Waals surface area contributed by atoms with Crippen molar-refractivity contribution in [2.24, 2.45) is 5.73 Å². The Labute approximate surface area is 262 Å². The molecular weight excluding hydrogens is 605 g/mol. The van der Waals surface area contributed by atoms with E-state index in [4.69, 9.17) is 24.7 Å². The molecular formula is C30H30N6O6S2. The predicted octanol–water partition coefficient (Wildman–Crippen LogP) is 4.61. The van der Waals surface area contributed by atoms with Gasteiger partial charge in [-0.2, -0.15) is 5.26 Å². The van der Waals surface area contributed by atoms with Crippen LogP contribution >= 0.6 is 23.1 Å². The average Bonchev–Trinajstić information content (AvgIpc) is 3.51. The second-order valence-electron chi connectivity index (χ2n) is 9.72.